The van der Waals surface area contributed by atoms with Gasteiger partial charge in [0.25, 0.3) is 0 Å². The molecule has 1 aromatic carbocycles. The van der Waals surface area contributed by atoms with E-state index in [0.717, 1.165) is 0 Å². The molecule has 0 N–H and O–H groups in total. The summed E-state index contributed by atoms with van der Waals surface area (Å²) in [4.78, 5) is 0. The average molecular weight is 186 g/mol. The summed E-state index contributed by atoms with van der Waals surface area (Å²) in [6.07, 6.45) is 8.68. The molecular formula is C14H18. The minimum Gasteiger partial charge on any atom is -0.0654 e. The lowest BCUT2D eigenvalue weighted by atomic mass is 9.70. The summed E-state index contributed by atoms with van der Waals surface area (Å²) in [5.74, 6) is 0. The van der Waals surface area contributed by atoms with Gasteiger partial charge in [-0.05, 0) is 35.8 Å². The van der Waals surface area contributed by atoms with E-state index in [1.54, 1.807) is 0 Å². The number of benzene rings is 1. The first-order chi connectivity index (χ1) is 6.73. The molecule has 0 saturated carbocycles. The van der Waals surface area contributed by atoms with E-state index in [4.69, 9.17) is 0 Å². The zero-order valence-corrected chi connectivity index (χ0v) is 9.14. The van der Waals surface area contributed by atoms with Gasteiger partial charge in [-0.2, -0.15) is 0 Å². The van der Waals surface area contributed by atoms with Crippen LogP contribution in [0.4, 0.5) is 0 Å². The van der Waals surface area contributed by atoms with Crippen LogP contribution in [0, 0.1) is 11.8 Å². The van der Waals surface area contributed by atoms with Crippen molar-refractivity contribution < 1.29 is 0 Å². The molecule has 0 fully saturated rings. The van der Waals surface area contributed by atoms with Gasteiger partial charge < -0.3 is 0 Å². The number of rotatable bonds is 2. The Bertz CT molecular complexity index is 314. The summed E-state index contributed by atoms with van der Waals surface area (Å²) in [7, 11) is 0. The molecule has 1 aliphatic carbocycles. The van der Waals surface area contributed by atoms with E-state index < -0.39 is 0 Å². The molecule has 1 aliphatic rings. The zero-order valence-electron chi connectivity index (χ0n) is 9.14. The topological polar surface area (TPSA) is 0 Å². The molecule has 0 nitrogen and oxygen atoms in total. The fourth-order valence-electron chi connectivity index (χ4n) is 2.40. The van der Waals surface area contributed by atoms with Crippen molar-refractivity contribution in [1.82, 2.24) is 0 Å². The van der Waals surface area contributed by atoms with Crippen molar-refractivity contribution in [2.45, 2.75) is 39.5 Å². The first-order valence-corrected chi connectivity index (χ1v) is 5.60. The van der Waals surface area contributed by atoms with Crippen LogP contribution in [-0.2, 0) is 6.42 Å². The second-order valence-corrected chi connectivity index (χ2v) is 4.59. The highest BCUT2D eigenvalue weighted by molar-refractivity contribution is 5.37. The third-order valence-corrected chi connectivity index (χ3v) is 3.20. The van der Waals surface area contributed by atoms with Gasteiger partial charge >= 0.3 is 0 Å². The maximum atomic E-state index is 3.67. The van der Waals surface area contributed by atoms with Crippen molar-refractivity contribution in [3.8, 4) is 0 Å². The van der Waals surface area contributed by atoms with Crippen LogP contribution in [0.25, 0.3) is 0 Å². The Morgan fingerprint density at radius 2 is 2.14 bits per heavy atom. The quantitative estimate of drug-likeness (QED) is 0.657. The molecule has 2 radical (unpaired) electrons. The van der Waals surface area contributed by atoms with Gasteiger partial charge in [-0.15, -0.1) is 0 Å². The third-order valence-electron chi connectivity index (χ3n) is 3.20. The van der Waals surface area contributed by atoms with Gasteiger partial charge in [0.2, 0.25) is 0 Å². The van der Waals surface area contributed by atoms with E-state index in [1.807, 2.05) is 0 Å². The minimum atomic E-state index is 0.323. The predicted octanol–water partition coefficient (Wildman–Crippen LogP) is 3.87. The van der Waals surface area contributed by atoms with Crippen molar-refractivity contribution in [3.63, 3.8) is 0 Å². The highest BCUT2D eigenvalue weighted by Crippen LogP contribution is 2.40. The summed E-state index contributed by atoms with van der Waals surface area (Å²) in [6.45, 7) is 4.60. The van der Waals surface area contributed by atoms with Crippen LogP contribution in [0.2, 0.25) is 0 Å². The molecule has 0 spiro atoms. The molecule has 1 unspecified atom stereocenters. The fraction of sp³-hybridized carbons (Fsp3) is 0.500. The lowest BCUT2D eigenvalue weighted by Gasteiger charge is -2.34. The van der Waals surface area contributed by atoms with E-state index in [9.17, 15) is 0 Å². The molecule has 2 rings (SSSR count). The molecule has 0 aromatic heterocycles. The molecule has 1 aromatic rings. The molecular weight excluding hydrogens is 168 g/mol. The average Bonchev–Trinajstić information content (AvgIpc) is 2.17. The first-order valence-electron chi connectivity index (χ1n) is 5.60. The lowest BCUT2D eigenvalue weighted by Crippen LogP contribution is -2.23. The Labute approximate surface area is 87.3 Å². The Morgan fingerprint density at radius 1 is 1.36 bits per heavy atom. The number of hydrogen-bond acceptors (Lipinski definition) is 0. The Kier molecular flexibility index (Phi) is 2.62. The highest BCUT2D eigenvalue weighted by Gasteiger charge is 2.29. The van der Waals surface area contributed by atoms with Crippen molar-refractivity contribution in [3.05, 3.63) is 41.8 Å². The summed E-state index contributed by atoms with van der Waals surface area (Å²) in [5.41, 5.74) is 3.14. The van der Waals surface area contributed by atoms with E-state index in [0.29, 0.717) is 5.41 Å². The van der Waals surface area contributed by atoms with Gasteiger partial charge in [0.15, 0.2) is 0 Å². The van der Waals surface area contributed by atoms with E-state index in [-0.39, 0.29) is 0 Å². The van der Waals surface area contributed by atoms with Crippen molar-refractivity contribution in [1.29, 1.82) is 0 Å². The molecule has 0 aliphatic heterocycles. The van der Waals surface area contributed by atoms with Crippen molar-refractivity contribution in [2.75, 3.05) is 0 Å². The van der Waals surface area contributed by atoms with Gasteiger partial charge in [0.1, 0.15) is 0 Å². The van der Waals surface area contributed by atoms with E-state index in [2.05, 4.69) is 44.5 Å². The van der Waals surface area contributed by atoms with E-state index in [1.165, 1.54) is 36.8 Å². The lowest BCUT2D eigenvalue weighted by molar-refractivity contribution is 0.320. The standard InChI is InChI=1S/C14H18/c1-3-9-14(2)10-8-12-6-4-5-7-13(12)11-14/h4-7H,3,8-10H2,1-2H3. The molecule has 0 heterocycles. The van der Waals surface area contributed by atoms with Gasteiger partial charge in [0.05, 0.1) is 0 Å². The largest absolute Gasteiger partial charge is 0.0654 e. The number of fused-ring (bicyclic) bond motifs is 1. The van der Waals surface area contributed by atoms with Gasteiger partial charge in [-0.3, -0.25) is 0 Å². The van der Waals surface area contributed by atoms with Crippen LogP contribution >= 0.6 is 0 Å². The third kappa shape index (κ3) is 1.84. The van der Waals surface area contributed by atoms with Crippen molar-refractivity contribution >= 4 is 0 Å². The molecule has 0 bridgehead atoms. The number of aryl methyl sites for hydroxylation is 1. The summed E-state index contributed by atoms with van der Waals surface area (Å²) in [5, 5.41) is 0. The smallest absolute Gasteiger partial charge is 0.0232 e. The van der Waals surface area contributed by atoms with Gasteiger partial charge in [-0.25, -0.2) is 0 Å². The molecule has 14 heavy (non-hydrogen) atoms. The van der Waals surface area contributed by atoms with E-state index >= 15 is 0 Å². The first kappa shape index (κ1) is 9.76. The van der Waals surface area contributed by atoms with Crippen molar-refractivity contribution in [2.24, 2.45) is 5.41 Å². The zero-order chi connectivity index (χ0) is 10.0. The molecule has 0 saturated heterocycles. The van der Waals surface area contributed by atoms with Crippen LogP contribution in [0.15, 0.2) is 24.3 Å². The molecule has 74 valence electrons. The van der Waals surface area contributed by atoms with Crippen LogP contribution in [0.3, 0.4) is 0 Å². The summed E-state index contributed by atoms with van der Waals surface area (Å²) >= 11 is 0. The fourth-order valence-corrected chi connectivity index (χ4v) is 2.40. The molecule has 1 atom stereocenters. The monoisotopic (exact) mass is 186 g/mol. The maximum absolute atomic E-state index is 3.67. The predicted molar refractivity (Wildman–Crippen MR) is 60.1 cm³/mol. The Balaban J connectivity index is 2.20. The maximum Gasteiger partial charge on any atom is 0.0232 e. The normalized spacial score (nSPS) is 25.9. The van der Waals surface area contributed by atoms with Gasteiger partial charge in [0, 0.05) is 6.42 Å². The Morgan fingerprint density at radius 3 is 2.93 bits per heavy atom. The number of hydrogen-bond donors (Lipinski definition) is 0. The minimum absolute atomic E-state index is 0.323. The second kappa shape index (κ2) is 3.76. The molecule has 0 amide bonds. The molecule has 0 heteroatoms. The van der Waals surface area contributed by atoms with Crippen LogP contribution in [0.1, 0.15) is 44.2 Å². The Hall–Kier alpha value is -0.780. The van der Waals surface area contributed by atoms with Crippen LogP contribution in [0.5, 0.6) is 0 Å². The second-order valence-electron chi connectivity index (χ2n) is 4.59. The van der Waals surface area contributed by atoms with Crippen LogP contribution < -0.4 is 0 Å². The highest BCUT2D eigenvalue weighted by atomic mass is 14.3. The summed E-state index contributed by atoms with van der Waals surface area (Å²) in [6, 6.07) is 8.67. The van der Waals surface area contributed by atoms with Gasteiger partial charge in [-0.1, -0.05) is 44.5 Å². The SMILES string of the molecule is CCCC1(C)[C]c2ccccc2CC1. The van der Waals surface area contributed by atoms with Crippen LogP contribution in [-0.4, -0.2) is 0 Å². The summed E-state index contributed by atoms with van der Waals surface area (Å²) < 4.78 is 0.